The van der Waals surface area contributed by atoms with E-state index in [1.807, 2.05) is 0 Å². The molecule has 0 radical (unpaired) electrons. The summed E-state index contributed by atoms with van der Waals surface area (Å²) in [5.74, 6) is -0.0592. The summed E-state index contributed by atoms with van der Waals surface area (Å²) in [6.07, 6.45) is 2.99. The first-order valence-electron chi connectivity index (χ1n) is 6.49. The third kappa shape index (κ3) is 2.95. The molecule has 0 aliphatic heterocycles. The van der Waals surface area contributed by atoms with Crippen molar-refractivity contribution in [2.45, 2.75) is 33.1 Å². The van der Waals surface area contributed by atoms with Gasteiger partial charge in [-0.3, -0.25) is 0 Å². The van der Waals surface area contributed by atoms with Crippen molar-refractivity contribution in [1.82, 2.24) is 0 Å². The molecular formula is C15H17FO3. The van der Waals surface area contributed by atoms with Crippen molar-refractivity contribution in [3.63, 3.8) is 0 Å². The van der Waals surface area contributed by atoms with Gasteiger partial charge in [0.25, 0.3) is 0 Å². The summed E-state index contributed by atoms with van der Waals surface area (Å²) < 4.78 is 24.5. The molecule has 2 aromatic rings. The van der Waals surface area contributed by atoms with Gasteiger partial charge in [0.05, 0.1) is 6.61 Å². The zero-order chi connectivity index (χ0) is 13.8. The van der Waals surface area contributed by atoms with Crippen LogP contribution in [0.5, 0.6) is 5.75 Å². The SMILES string of the molecule is CCCCCOc1ccc2cc(C)oc(=O)c2c1F. The maximum absolute atomic E-state index is 14.2. The quantitative estimate of drug-likeness (QED) is 0.771. The van der Waals surface area contributed by atoms with E-state index in [0.29, 0.717) is 17.8 Å². The fourth-order valence-electron chi connectivity index (χ4n) is 1.99. The lowest BCUT2D eigenvalue weighted by atomic mass is 10.1. The molecule has 0 aliphatic rings. The molecule has 0 unspecified atom stereocenters. The van der Waals surface area contributed by atoms with Crippen molar-refractivity contribution in [2.75, 3.05) is 6.61 Å². The molecule has 0 N–H and O–H groups in total. The molecule has 0 amide bonds. The highest BCUT2D eigenvalue weighted by Gasteiger charge is 2.13. The van der Waals surface area contributed by atoms with Gasteiger partial charge in [0, 0.05) is 0 Å². The number of rotatable bonds is 5. The van der Waals surface area contributed by atoms with Crippen LogP contribution in [0.25, 0.3) is 10.8 Å². The zero-order valence-corrected chi connectivity index (χ0v) is 11.2. The molecule has 0 bridgehead atoms. The molecule has 1 aromatic heterocycles. The Kier molecular flexibility index (Phi) is 4.20. The lowest BCUT2D eigenvalue weighted by molar-refractivity contribution is 0.292. The minimum atomic E-state index is -0.661. The summed E-state index contributed by atoms with van der Waals surface area (Å²) >= 11 is 0. The van der Waals surface area contributed by atoms with Gasteiger partial charge in [0.15, 0.2) is 11.6 Å². The van der Waals surface area contributed by atoms with E-state index in [1.165, 1.54) is 0 Å². The van der Waals surface area contributed by atoms with Crippen molar-refractivity contribution in [3.8, 4) is 5.75 Å². The summed E-state index contributed by atoms with van der Waals surface area (Å²) in [5, 5.41) is 0.491. The highest BCUT2D eigenvalue weighted by molar-refractivity contribution is 5.83. The molecule has 0 atom stereocenters. The Morgan fingerprint density at radius 3 is 2.84 bits per heavy atom. The summed E-state index contributed by atoms with van der Waals surface area (Å²) in [6, 6.07) is 4.88. The van der Waals surface area contributed by atoms with Gasteiger partial charge < -0.3 is 9.15 Å². The average Bonchev–Trinajstić information content (AvgIpc) is 2.36. The Labute approximate surface area is 111 Å². The van der Waals surface area contributed by atoms with Crippen LogP contribution in [0.2, 0.25) is 0 Å². The van der Waals surface area contributed by atoms with Crippen LogP contribution in [-0.4, -0.2) is 6.61 Å². The summed E-state index contributed by atoms with van der Waals surface area (Å²) in [5.41, 5.74) is -0.661. The van der Waals surface area contributed by atoms with E-state index >= 15 is 0 Å². The van der Waals surface area contributed by atoms with Gasteiger partial charge in [-0.15, -0.1) is 0 Å². The molecule has 2 rings (SSSR count). The number of hydrogen-bond acceptors (Lipinski definition) is 3. The van der Waals surface area contributed by atoms with Gasteiger partial charge in [-0.25, -0.2) is 9.18 Å². The van der Waals surface area contributed by atoms with E-state index < -0.39 is 11.4 Å². The van der Waals surface area contributed by atoms with Crippen molar-refractivity contribution in [3.05, 3.63) is 40.2 Å². The van der Waals surface area contributed by atoms with E-state index in [2.05, 4.69) is 6.92 Å². The predicted molar refractivity (Wildman–Crippen MR) is 72.2 cm³/mol. The normalized spacial score (nSPS) is 10.9. The number of halogens is 1. The first-order chi connectivity index (χ1) is 9.13. The van der Waals surface area contributed by atoms with Crippen LogP contribution in [0.4, 0.5) is 4.39 Å². The number of fused-ring (bicyclic) bond motifs is 1. The third-order valence-corrected chi connectivity index (χ3v) is 2.96. The Balaban J connectivity index is 2.32. The largest absolute Gasteiger partial charge is 0.490 e. The highest BCUT2D eigenvalue weighted by Crippen LogP contribution is 2.25. The standard InChI is InChI=1S/C15H17FO3/c1-3-4-5-8-18-12-7-6-11-9-10(2)19-15(17)13(11)14(12)16/h6-7,9H,3-5,8H2,1-2H3. The summed E-state index contributed by atoms with van der Waals surface area (Å²) in [6.45, 7) is 4.20. The predicted octanol–water partition coefficient (Wildman–Crippen LogP) is 3.81. The fraction of sp³-hybridized carbons (Fsp3) is 0.400. The number of benzene rings is 1. The first kappa shape index (κ1) is 13.6. The Morgan fingerprint density at radius 2 is 2.11 bits per heavy atom. The van der Waals surface area contributed by atoms with Crippen LogP contribution >= 0.6 is 0 Å². The van der Waals surface area contributed by atoms with Gasteiger partial charge in [-0.1, -0.05) is 25.8 Å². The van der Waals surface area contributed by atoms with Crippen LogP contribution in [0.15, 0.2) is 27.4 Å². The molecule has 0 saturated carbocycles. The van der Waals surface area contributed by atoms with E-state index in [9.17, 15) is 9.18 Å². The molecule has 0 saturated heterocycles. The molecule has 3 nitrogen and oxygen atoms in total. The van der Waals surface area contributed by atoms with Crippen molar-refractivity contribution < 1.29 is 13.5 Å². The number of hydrogen-bond donors (Lipinski definition) is 0. The maximum Gasteiger partial charge on any atom is 0.346 e. The summed E-state index contributed by atoms with van der Waals surface area (Å²) in [4.78, 5) is 11.7. The molecule has 4 heteroatoms. The van der Waals surface area contributed by atoms with Gasteiger partial charge in [-0.2, -0.15) is 0 Å². The van der Waals surface area contributed by atoms with Gasteiger partial charge in [0.1, 0.15) is 11.1 Å². The van der Waals surface area contributed by atoms with Crippen LogP contribution in [0, 0.1) is 12.7 Å². The van der Waals surface area contributed by atoms with E-state index in [-0.39, 0.29) is 11.1 Å². The van der Waals surface area contributed by atoms with Gasteiger partial charge >= 0.3 is 5.63 Å². The Morgan fingerprint density at radius 1 is 1.32 bits per heavy atom. The second-order valence-electron chi connectivity index (χ2n) is 4.54. The summed E-state index contributed by atoms with van der Waals surface area (Å²) in [7, 11) is 0. The lowest BCUT2D eigenvalue weighted by Crippen LogP contribution is -2.06. The maximum atomic E-state index is 14.2. The van der Waals surface area contributed by atoms with Gasteiger partial charge in [0.2, 0.25) is 0 Å². The second kappa shape index (κ2) is 5.87. The minimum absolute atomic E-state index is 0.0430. The molecular weight excluding hydrogens is 247 g/mol. The molecule has 0 spiro atoms. The molecule has 19 heavy (non-hydrogen) atoms. The monoisotopic (exact) mass is 264 g/mol. The Bertz CT molecular complexity index is 631. The van der Waals surface area contributed by atoms with Gasteiger partial charge in [-0.05, 0) is 30.9 Å². The number of unbranched alkanes of at least 4 members (excludes halogenated alkanes) is 2. The molecule has 102 valence electrons. The molecule has 0 fully saturated rings. The smallest absolute Gasteiger partial charge is 0.346 e. The van der Waals surface area contributed by atoms with Crippen molar-refractivity contribution in [1.29, 1.82) is 0 Å². The lowest BCUT2D eigenvalue weighted by Gasteiger charge is -2.08. The molecule has 1 aromatic carbocycles. The minimum Gasteiger partial charge on any atom is -0.490 e. The second-order valence-corrected chi connectivity index (χ2v) is 4.54. The first-order valence-corrected chi connectivity index (χ1v) is 6.49. The van der Waals surface area contributed by atoms with E-state index in [4.69, 9.17) is 9.15 Å². The Hall–Kier alpha value is -1.84. The van der Waals surface area contributed by atoms with Crippen LogP contribution in [-0.2, 0) is 0 Å². The average molecular weight is 264 g/mol. The zero-order valence-electron chi connectivity index (χ0n) is 11.2. The van der Waals surface area contributed by atoms with Crippen LogP contribution < -0.4 is 10.4 Å². The molecule has 1 heterocycles. The number of ether oxygens (including phenoxy) is 1. The van der Waals surface area contributed by atoms with Crippen LogP contribution in [0.3, 0.4) is 0 Å². The van der Waals surface area contributed by atoms with Crippen molar-refractivity contribution >= 4 is 10.8 Å². The van der Waals surface area contributed by atoms with E-state index in [0.717, 1.165) is 19.3 Å². The molecule has 0 aliphatic carbocycles. The number of aryl methyl sites for hydroxylation is 1. The highest BCUT2D eigenvalue weighted by atomic mass is 19.1. The van der Waals surface area contributed by atoms with Crippen molar-refractivity contribution in [2.24, 2.45) is 0 Å². The van der Waals surface area contributed by atoms with E-state index in [1.54, 1.807) is 25.1 Å². The fourth-order valence-corrected chi connectivity index (χ4v) is 1.99. The van der Waals surface area contributed by atoms with Crippen LogP contribution in [0.1, 0.15) is 31.9 Å². The third-order valence-electron chi connectivity index (χ3n) is 2.96. The topological polar surface area (TPSA) is 39.4 Å².